The minimum Gasteiger partial charge on any atom is -0.450 e. The molecule has 0 saturated carbocycles. The maximum atomic E-state index is 12.9. The number of hydrogen-bond acceptors (Lipinski definition) is 6. The number of ether oxygens (including phenoxy) is 1. The van der Waals surface area contributed by atoms with E-state index in [9.17, 15) is 14.4 Å². The van der Waals surface area contributed by atoms with E-state index < -0.39 is 12.0 Å². The van der Waals surface area contributed by atoms with Crippen LogP contribution in [0, 0.1) is 6.92 Å². The van der Waals surface area contributed by atoms with Crippen LogP contribution in [0.3, 0.4) is 0 Å². The van der Waals surface area contributed by atoms with Crippen molar-refractivity contribution in [1.82, 2.24) is 9.88 Å². The molecule has 0 saturated heterocycles. The number of nitrogens with one attached hydrogen (secondary N) is 1. The molecule has 1 aliphatic heterocycles. The molecule has 0 bridgehead atoms. The summed E-state index contributed by atoms with van der Waals surface area (Å²) in [6.45, 7) is 4.67. The van der Waals surface area contributed by atoms with E-state index in [0.29, 0.717) is 42.2 Å². The summed E-state index contributed by atoms with van der Waals surface area (Å²) in [5, 5.41) is 4.16. The summed E-state index contributed by atoms with van der Waals surface area (Å²) in [5.74, 6) is -0.957. The summed E-state index contributed by atoms with van der Waals surface area (Å²) in [4.78, 5) is 44.0. The molecule has 1 aliphatic rings. The van der Waals surface area contributed by atoms with Crippen molar-refractivity contribution in [2.75, 3.05) is 18.5 Å². The van der Waals surface area contributed by atoms with Crippen molar-refractivity contribution in [3.8, 4) is 0 Å². The fraction of sp³-hybridized carbons (Fsp3) is 0.273. The third-order valence-electron chi connectivity index (χ3n) is 5.15. The number of aryl methyl sites for hydroxylation is 1. The van der Waals surface area contributed by atoms with Gasteiger partial charge < -0.3 is 20.7 Å². The molecular weight excluding hydrogens is 416 g/mol. The summed E-state index contributed by atoms with van der Waals surface area (Å²) in [5.41, 5.74) is 8.74. The van der Waals surface area contributed by atoms with Crippen LogP contribution in [0.25, 0.3) is 10.9 Å². The largest absolute Gasteiger partial charge is 0.450 e. The highest BCUT2D eigenvalue weighted by molar-refractivity contribution is 7.17. The number of carbonyl (C=O) groups is 3. The van der Waals surface area contributed by atoms with Crippen LogP contribution in [-0.2, 0) is 17.7 Å². The normalized spacial score (nSPS) is 13.0. The van der Waals surface area contributed by atoms with E-state index in [4.69, 9.17) is 10.5 Å². The number of nitrogens with two attached hydrogens (primary N) is 1. The average Bonchev–Trinajstić information content (AvgIpc) is 3.10. The number of hydrogen-bond donors (Lipinski definition) is 2. The van der Waals surface area contributed by atoms with Crippen molar-refractivity contribution in [3.63, 3.8) is 0 Å². The van der Waals surface area contributed by atoms with Crippen LogP contribution in [0.2, 0.25) is 0 Å². The van der Waals surface area contributed by atoms with Gasteiger partial charge in [-0.3, -0.25) is 14.6 Å². The highest BCUT2D eigenvalue weighted by Crippen LogP contribution is 2.37. The highest BCUT2D eigenvalue weighted by atomic mass is 32.1. The topological polar surface area (TPSA) is 115 Å². The fourth-order valence-electron chi connectivity index (χ4n) is 3.66. The first-order valence-corrected chi connectivity index (χ1v) is 10.7. The van der Waals surface area contributed by atoms with Gasteiger partial charge in [0, 0.05) is 28.1 Å². The number of fused-ring (bicyclic) bond motifs is 2. The molecule has 3 N–H and O–H groups in total. The fourth-order valence-corrected chi connectivity index (χ4v) is 4.92. The van der Waals surface area contributed by atoms with Gasteiger partial charge in [0.05, 0.1) is 24.2 Å². The first-order valence-electron chi connectivity index (χ1n) is 9.92. The molecule has 9 heteroatoms. The summed E-state index contributed by atoms with van der Waals surface area (Å²) < 4.78 is 5.07. The van der Waals surface area contributed by atoms with E-state index in [1.165, 1.54) is 11.3 Å². The van der Waals surface area contributed by atoms with Crippen LogP contribution in [-0.4, -0.2) is 40.9 Å². The quantitative estimate of drug-likeness (QED) is 0.647. The number of rotatable bonds is 4. The zero-order valence-electron chi connectivity index (χ0n) is 17.2. The summed E-state index contributed by atoms with van der Waals surface area (Å²) in [6, 6.07) is 9.14. The van der Waals surface area contributed by atoms with E-state index in [0.717, 1.165) is 27.0 Å². The van der Waals surface area contributed by atoms with E-state index in [2.05, 4.69) is 10.3 Å². The zero-order valence-corrected chi connectivity index (χ0v) is 18.0. The molecule has 160 valence electrons. The number of carbonyl (C=O) groups excluding carboxylic acids is 3. The number of primary amides is 1. The minimum absolute atomic E-state index is 0.292. The summed E-state index contributed by atoms with van der Waals surface area (Å²) in [7, 11) is 0. The van der Waals surface area contributed by atoms with E-state index in [1.807, 2.05) is 25.1 Å². The lowest BCUT2D eigenvalue weighted by Gasteiger charge is -2.26. The predicted molar refractivity (Wildman–Crippen MR) is 118 cm³/mol. The van der Waals surface area contributed by atoms with Crippen molar-refractivity contribution < 1.29 is 19.1 Å². The Balaban J connectivity index is 1.62. The van der Waals surface area contributed by atoms with Crippen molar-refractivity contribution in [3.05, 3.63) is 57.6 Å². The summed E-state index contributed by atoms with van der Waals surface area (Å²) >= 11 is 1.26. The second-order valence-corrected chi connectivity index (χ2v) is 8.36. The average molecular weight is 439 g/mol. The van der Waals surface area contributed by atoms with Crippen molar-refractivity contribution in [1.29, 1.82) is 0 Å². The first kappa shape index (κ1) is 20.8. The second kappa shape index (κ2) is 8.35. The lowest BCUT2D eigenvalue weighted by Crippen LogP contribution is -2.36. The Morgan fingerprint density at radius 3 is 2.77 bits per heavy atom. The highest BCUT2D eigenvalue weighted by Gasteiger charge is 2.30. The Labute approximate surface area is 183 Å². The predicted octanol–water partition coefficient (Wildman–Crippen LogP) is 3.47. The Morgan fingerprint density at radius 2 is 2.03 bits per heavy atom. The standard InChI is InChI=1S/C22H22N4O4S/c1-3-30-22(29)26-9-8-15-17(11-26)31-21(18(15)19(23)27)25-20(28)14-7-6-13-5-4-12(2)24-16(13)10-14/h4-7,10H,3,8-9,11H2,1-2H3,(H2,23,27)(H,25,28). The van der Waals surface area contributed by atoms with Gasteiger partial charge in [0.15, 0.2) is 0 Å². The van der Waals surface area contributed by atoms with Crippen molar-refractivity contribution >= 4 is 45.1 Å². The van der Waals surface area contributed by atoms with Gasteiger partial charge in [-0.05, 0) is 44.0 Å². The second-order valence-electron chi connectivity index (χ2n) is 7.26. The van der Waals surface area contributed by atoms with Gasteiger partial charge in [-0.25, -0.2) is 4.79 Å². The Bertz CT molecular complexity index is 1200. The van der Waals surface area contributed by atoms with Crippen LogP contribution in [0.4, 0.5) is 9.80 Å². The molecule has 3 amide bonds. The number of benzene rings is 1. The molecular formula is C22H22N4O4S. The number of amides is 3. The van der Waals surface area contributed by atoms with Gasteiger partial charge in [-0.1, -0.05) is 12.1 Å². The molecule has 0 spiro atoms. The van der Waals surface area contributed by atoms with Gasteiger partial charge in [0.1, 0.15) is 5.00 Å². The maximum absolute atomic E-state index is 12.9. The first-order chi connectivity index (χ1) is 14.9. The van der Waals surface area contributed by atoms with E-state index in [1.54, 1.807) is 24.0 Å². The Hall–Kier alpha value is -3.46. The Morgan fingerprint density at radius 1 is 1.26 bits per heavy atom. The van der Waals surface area contributed by atoms with Crippen LogP contribution in [0.1, 0.15) is 43.8 Å². The number of aromatic nitrogens is 1. The van der Waals surface area contributed by atoms with Gasteiger partial charge >= 0.3 is 6.09 Å². The molecule has 3 aromatic rings. The van der Waals surface area contributed by atoms with Crippen LogP contribution in [0.5, 0.6) is 0 Å². The van der Waals surface area contributed by atoms with Crippen molar-refractivity contribution in [2.45, 2.75) is 26.8 Å². The molecule has 0 unspecified atom stereocenters. The van der Waals surface area contributed by atoms with Crippen molar-refractivity contribution in [2.24, 2.45) is 5.73 Å². The molecule has 31 heavy (non-hydrogen) atoms. The molecule has 0 radical (unpaired) electrons. The lowest BCUT2D eigenvalue weighted by molar-refractivity contribution is 0.0997. The van der Waals surface area contributed by atoms with Gasteiger partial charge in [-0.15, -0.1) is 11.3 Å². The van der Waals surface area contributed by atoms with Crippen LogP contribution < -0.4 is 11.1 Å². The Kier molecular flexibility index (Phi) is 5.60. The number of nitrogens with zero attached hydrogens (tertiary/aromatic N) is 2. The SMILES string of the molecule is CCOC(=O)N1CCc2c(sc(NC(=O)c3ccc4ccc(C)nc4c3)c2C(N)=O)C1. The zero-order chi connectivity index (χ0) is 22.1. The van der Waals surface area contributed by atoms with E-state index >= 15 is 0 Å². The molecule has 2 aromatic heterocycles. The van der Waals surface area contributed by atoms with Crippen LogP contribution >= 0.6 is 11.3 Å². The number of pyridine rings is 1. The molecule has 3 heterocycles. The third-order valence-corrected chi connectivity index (χ3v) is 6.28. The monoisotopic (exact) mass is 438 g/mol. The molecule has 8 nitrogen and oxygen atoms in total. The minimum atomic E-state index is -0.604. The summed E-state index contributed by atoms with van der Waals surface area (Å²) in [6.07, 6.45) is 0.0736. The van der Waals surface area contributed by atoms with Gasteiger partial charge in [-0.2, -0.15) is 0 Å². The van der Waals surface area contributed by atoms with Gasteiger partial charge in [0.2, 0.25) is 0 Å². The molecule has 0 fully saturated rings. The van der Waals surface area contributed by atoms with Crippen LogP contribution in [0.15, 0.2) is 30.3 Å². The third kappa shape index (κ3) is 4.09. The molecule has 4 rings (SSSR count). The molecule has 0 atom stereocenters. The molecule has 1 aromatic carbocycles. The smallest absolute Gasteiger partial charge is 0.410 e. The number of thiophene rings is 1. The number of anilines is 1. The van der Waals surface area contributed by atoms with Gasteiger partial charge in [0.25, 0.3) is 11.8 Å². The lowest BCUT2D eigenvalue weighted by atomic mass is 10.0. The molecule has 0 aliphatic carbocycles. The van der Waals surface area contributed by atoms with E-state index in [-0.39, 0.29) is 5.91 Å². The maximum Gasteiger partial charge on any atom is 0.410 e.